The number of hydrogen-bond acceptors (Lipinski definition) is 1. The van der Waals surface area contributed by atoms with Crippen molar-refractivity contribution in [2.75, 3.05) is 0 Å². The average Bonchev–Trinajstić information content (AvgIpc) is 2.69. The molecule has 0 radical (unpaired) electrons. The molecule has 0 aromatic rings. The van der Waals surface area contributed by atoms with E-state index in [-0.39, 0.29) is 5.41 Å². The SMILES string of the molecule is CCC.CCC1(C#N)CC1. The molecule has 1 aliphatic carbocycles. The van der Waals surface area contributed by atoms with Crippen molar-refractivity contribution in [1.82, 2.24) is 0 Å². The van der Waals surface area contributed by atoms with Crippen LogP contribution in [-0.2, 0) is 0 Å². The van der Waals surface area contributed by atoms with Gasteiger partial charge in [-0.2, -0.15) is 5.26 Å². The first-order chi connectivity index (χ1) is 4.74. The molecule has 1 nitrogen and oxygen atoms in total. The minimum Gasteiger partial charge on any atom is -0.198 e. The van der Waals surface area contributed by atoms with Crippen LogP contribution in [0.1, 0.15) is 46.5 Å². The van der Waals surface area contributed by atoms with Gasteiger partial charge in [0.05, 0.1) is 11.5 Å². The number of nitriles is 1. The lowest BCUT2D eigenvalue weighted by molar-refractivity contribution is 0.641. The fourth-order valence-electron chi connectivity index (χ4n) is 0.695. The summed E-state index contributed by atoms with van der Waals surface area (Å²) in [6.07, 6.45) is 4.57. The summed E-state index contributed by atoms with van der Waals surface area (Å²) in [7, 11) is 0. The highest BCUT2D eigenvalue weighted by atomic mass is 14.5. The second kappa shape index (κ2) is 4.33. The zero-order valence-electron chi connectivity index (χ0n) is 7.28. The van der Waals surface area contributed by atoms with E-state index in [1.54, 1.807) is 0 Å². The molecular formula is C9H17N. The summed E-state index contributed by atoms with van der Waals surface area (Å²) in [6.45, 7) is 6.33. The average molecular weight is 139 g/mol. The predicted octanol–water partition coefficient (Wildman–Crippen LogP) is 3.12. The summed E-state index contributed by atoms with van der Waals surface area (Å²) in [4.78, 5) is 0. The van der Waals surface area contributed by atoms with Gasteiger partial charge < -0.3 is 0 Å². The summed E-state index contributed by atoms with van der Waals surface area (Å²) in [5.41, 5.74) is 0.139. The highest BCUT2D eigenvalue weighted by molar-refractivity contribution is 5.08. The summed E-state index contributed by atoms with van der Waals surface area (Å²) in [5.74, 6) is 0. The molecule has 1 aliphatic rings. The van der Waals surface area contributed by atoms with Crippen LogP contribution in [-0.4, -0.2) is 0 Å². The van der Waals surface area contributed by atoms with Crippen LogP contribution < -0.4 is 0 Å². The van der Waals surface area contributed by atoms with Crippen molar-refractivity contribution in [2.24, 2.45) is 5.41 Å². The molecule has 1 heteroatoms. The van der Waals surface area contributed by atoms with E-state index in [1.165, 1.54) is 6.42 Å². The second-order valence-electron chi connectivity index (χ2n) is 2.95. The van der Waals surface area contributed by atoms with Crippen LogP contribution in [0.15, 0.2) is 0 Å². The zero-order chi connectivity index (χ0) is 8.04. The van der Waals surface area contributed by atoms with Crippen LogP contribution in [0.5, 0.6) is 0 Å². The largest absolute Gasteiger partial charge is 0.198 e. The summed E-state index contributed by atoms with van der Waals surface area (Å²) >= 11 is 0. The van der Waals surface area contributed by atoms with Crippen molar-refractivity contribution in [3.05, 3.63) is 0 Å². The van der Waals surface area contributed by atoms with Gasteiger partial charge in [-0.05, 0) is 19.3 Å². The van der Waals surface area contributed by atoms with Crippen molar-refractivity contribution >= 4 is 0 Å². The van der Waals surface area contributed by atoms with E-state index >= 15 is 0 Å². The Balaban J connectivity index is 0.000000236. The molecule has 0 saturated heterocycles. The number of rotatable bonds is 1. The second-order valence-corrected chi connectivity index (χ2v) is 2.95. The van der Waals surface area contributed by atoms with Crippen LogP contribution in [0.4, 0.5) is 0 Å². The molecule has 1 saturated carbocycles. The van der Waals surface area contributed by atoms with Gasteiger partial charge in [0.25, 0.3) is 0 Å². The van der Waals surface area contributed by atoms with Gasteiger partial charge in [0.15, 0.2) is 0 Å². The van der Waals surface area contributed by atoms with E-state index in [0.29, 0.717) is 0 Å². The maximum atomic E-state index is 8.41. The first kappa shape index (κ1) is 9.49. The summed E-state index contributed by atoms with van der Waals surface area (Å²) in [6, 6.07) is 2.30. The van der Waals surface area contributed by atoms with Crippen molar-refractivity contribution < 1.29 is 0 Å². The van der Waals surface area contributed by atoms with Gasteiger partial charge in [-0.25, -0.2) is 0 Å². The molecule has 1 rings (SSSR count). The minimum atomic E-state index is 0.139. The predicted molar refractivity (Wildman–Crippen MR) is 43.5 cm³/mol. The standard InChI is InChI=1S/C6H9N.C3H8/c1-2-6(5-7)3-4-6;1-3-2/h2-4H2,1H3;3H2,1-2H3. The molecular weight excluding hydrogens is 122 g/mol. The van der Waals surface area contributed by atoms with E-state index in [2.05, 4.69) is 26.8 Å². The van der Waals surface area contributed by atoms with E-state index in [4.69, 9.17) is 5.26 Å². The van der Waals surface area contributed by atoms with Gasteiger partial charge in [0.2, 0.25) is 0 Å². The third-order valence-electron chi connectivity index (χ3n) is 1.77. The van der Waals surface area contributed by atoms with Crippen LogP contribution in [0.2, 0.25) is 0 Å². The van der Waals surface area contributed by atoms with E-state index in [9.17, 15) is 0 Å². The molecule has 0 aliphatic heterocycles. The molecule has 0 N–H and O–H groups in total. The fraction of sp³-hybridized carbons (Fsp3) is 0.889. The van der Waals surface area contributed by atoms with Crippen LogP contribution in [0.25, 0.3) is 0 Å². The first-order valence-electron chi connectivity index (χ1n) is 4.16. The molecule has 0 amide bonds. The van der Waals surface area contributed by atoms with E-state index in [0.717, 1.165) is 19.3 Å². The normalized spacial score (nSPS) is 18.2. The molecule has 0 heterocycles. The Morgan fingerprint density at radius 1 is 1.30 bits per heavy atom. The lowest BCUT2D eigenvalue weighted by Crippen LogP contribution is -1.89. The fourth-order valence-corrected chi connectivity index (χ4v) is 0.695. The lowest BCUT2D eigenvalue weighted by atomic mass is 10.1. The Labute approximate surface area is 64.1 Å². The maximum absolute atomic E-state index is 8.41. The summed E-state index contributed by atoms with van der Waals surface area (Å²) < 4.78 is 0. The first-order valence-corrected chi connectivity index (χ1v) is 4.16. The summed E-state index contributed by atoms with van der Waals surface area (Å²) in [5, 5.41) is 8.41. The molecule has 0 spiro atoms. The Hall–Kier alpha value is -0.510. The van der Waals surface area contributed by atoms with Crippen molar-refractivity contribution in [1.29, 1.82) is 5.26 Å². The highest BCUT2D eigenvalue weighted by Gasteiger charge is 2.40. The molecule has 0 unspecified atom stereocenters. The molecule has 10 heavy (non-hydrogen) atoms. The zero-order valence-corrected chi connectivity index (χ0v) is 7.28. The molecule has 1 fully saturated rings. The molecule has 0 bridgehead atoms. The lowest BCUT2D eigenvalue weighted by Gasteiger charge is -1.93. The Bertz CT molecular complexity index is 117. The van der Waals surface area contributed by atoms with Gasteiger partial charge in [0.1, 0.15) is 0 Å². The van der Waals surface area contributed by atoms with E-state index < -0.39 is 0 Å². The van der Waals surface area contributed by atoms with Crippen molar-refractivity contribution in [2.45, 2.75) is 46.5 Å². The van der Waals surface area contributed by atoms with Gasteiger partial charge in [-0.15, -0.1) is 0 Å². The Morgan fingerprint density at radius 2 is 1.70 bits per heavy atom. The van der Waals surface area contributed by atoms with Crippen LogP contribution in [0.3, 0.4) is 0 Å². The van der Waals surface area contributed by atoms with Gasteiger partial charge in [-0.1, -0.05) is 27.2 Å². The van der Waals surface area contributed by atoms with E-state index in [1.807, 2.05) is 0 Å². The molecule has 0 aromatic heterocycles. The maximum Gasteiger partial charge on any atom is 0.0689 e. The topological polar surface area (TPSA) is 23.8 Å². The van der Waals surface area contributed by atoms with Gasteiger partial charge in [0, 0.05) is 0 Å². The number of nitrogens with zero attached hydrogens (tertiary/aromatic N) is 1. The Morgan fingerprint density at radius 3 is 1.70 bits per heavy atom. The van der Waals surface area contributed by atoms with Crippen molar-refractivity contribution in [3.8, 4) is 6.07 Å². The molecule has 58 valence electrons. The third kappa shape index (κ3) is 2.87. The Kier molecular flexibility index (Phi) is 4.11. The highest BCUT2D eigenvalue weighted by Crippen LogP contribution is 2.47. The van der Waals surface area contributed by atoms with Gasteiger partial charge >= 0.3 is 0 Å². The monoisotopic (exact) mass is 139 g/mol. The minimum absolute atomic E-state index is 0.139. The quantitative estimate of drug-likeness (QED) is 0.547. The molecule has 0 aromatic carbocycles. The van der Waals surface area contributed by atoms with Crippen LogP contribution in [0, 0.1) is 16.7 Å². The van der Waals surface area contributed by atoms with Gasteiger partial charge in [-0.3, -0.25) is 0 Å². The van der Waals surface area contributed by atoms with Crippen LogP contribution >= 0.6 is 0 Å². The smallest absolute Gasteiger partial charge is 0.0689 e. The number of hydrogen-bond donors (Lipinski definition) is 0. The van der Waals surface area contributed by atoms with Crippen molar-refractivity contribution in [3.63, 3.8) is 0 Å². The third-order valence-corrected chi connectivity index (χ3v) is 1.77. The molecule has 0 atom stereocenters.